The Morgan fingerprint density at radius 1 is 1.19 bits per heavy atom. The van der Waals surface area contributed by atoms with Gasteiger partial charge in [-0.15, -0.1) is 5.10 Å². The van der Waals surface area contributed by atoms with E-state index in [1.807, 2.05) is 5.38 Å². The van der Waals surface area contributed by atoms with Crippen molar-refractivity contribution in [3.8, 4) is 0 Å². The van der Waals surface area contributed by atoms with E-state index in [4.69, 9.17) is 0 Å². The maximum atomic E-state index is 4.05. The van der Waals surface area contributed by atoms with Crippen molar-refractivity contribution in [1.29, 1.82) is 0 Å². The molecular weight excluding hydrogens is 218 g/mol. The van der Waals surface area contributed by atoms with E-state index in [1.54, 1.807) is 0 Å². The Morgan fingerprint density at radius 2 is 1.81 bits per heavy atom. The Labute approximate surface area is 103 Å². The fourth-order valence-electron chi connectivity index (χ4n) is 1.91. The van der Waals surface area contributed by atoms with Crippen molar-refractivity contribution < 1.29 is 0 Å². The lowest BCUT2D eigenvalue weighted by Crippen LogP contribution is -2.31. The highest BCUT2D eigenvalue weighted by Crippen LogP contribution is 2.13. The van der Waals surface area contributed by atoms with Gasteiger partial charge >= 0.3 is 0 Å². The van der Waals surface area contributed by atoms with Crippen LogP contribution in [0.4, 0.5) is 0 Å². The third-order valence-corrected chi connectivity index (χ3v) is 3.04. The number of rotatable bonds is 7. The molecule has 0 aliphatic rings. The van der Waals surface area contributed by atoms with Crippen LogP contribution in [0.15, 0.2) is 5.38 Å². The lowest BCUT2D eigenvalue weighted by molar-refractivity contribution is 0.357. The monoisotopic (exact) mass is 241 g/mol. The molecule has 0 atom stereocenters. The van der Waals surface area contributed by atoms with Crippen LogP contribution >= 0.6 is 11.5 Å². The SMILES string of the molecule is CC(C)CC(CC(C)C)NCc1csnn1. The molecule has 0 radical (unpaired) electrons. The molecule has 1 rings (SSSR count). The predicted octanol–water partition coefficient (Wildman–Crippen LogP) is 3.09. The zero-order valence-electron chi connectivity index (χ0n) is 10.7. The van der Waals surface area contributed by atoms with E-state index in [-0.39, 0.29) is 0 Å². The summed E-state index contributed by atoms with van der Waals surface area (Å²) in [7, 11) is 0. The van der Waals surface area contributed by atoms with Crippen LogP contribution in [-0.2, 0) is 6.54 Å². The summed E-state index contributed by atoms with van der Waals surface area (Å²) in [5, 5.41) is 9.65. The van der Waals surface area contributed by atoms with Crippen molar-refractivity contribution >= 4 is 11.5 Å². The Morgan fingerprint density at radius 3 is 2.25 bits per heavy atom. The number of nitrogens with zero attached hydrogens (tertiary/aromatic N) is 2. The van der Waals surface area contributed by atoms with Crippen LogP contribution in [0, 0.1) is 11.8 Å². The molecule has 1 aromatic rings. The minimum atomic E-state index is 0.599. The normalized spacial score (nSPS) is 11.9. The molecule has 1 aromatic heterocycles. The van der Waals surface area contributed by atoms with Gasteiger partial charge in [-0.05, 0) is 36.2 Å². The number of hydrogen-bond acceptors (Lipinski definition) is 4. The van der Waals surface area contributed by atoms with Crippen molar-refractivity contribution in [3.63, 3.8) is 0 Å². The molecule has 3 nitrogen and oxygen atoms in total. The van der Waals surface area contributed by atoms with Crippen LogP contribution in [0.25, 0.3) is 0 Å². The van der Waals surface area contributed by atoms with Gasteiger partial charge in [0, 0.05) is 18.0 Å². The van der Waals surface area contributed by atoms with Crippen LogP contribution in [0.1, 0.15) is 46.2 Å². The number of nitrogens with one attached hydrogen (secondary N) is 1. The van der Waals surface area contributed by atoms with E-state index < -0.39 is 0 Å². The summed E-state index contributed by atoms with van der Waals surface area (Å²) in [6.07, 6.45) is 2.46. The summed E-state index contributed by atoms with van der Waals surface area (Å²) in [4.78, 5) is 0. The maximum absolute atomic E-state index is 4.05. The molecule has 0 saturated heterocycles. The van der Waals surface area contributed by atoms with Crippen molar-refractivity contribution in [2.45, 2.75) is 53.1 Å². The molecule has 0 fully saturated rings. The molecule has 1 N–H and O–H groups in total. The summed E-state index contributed by atoms with van der Waals surface area (Å²) in [5.41, 5.74) is 1.06. The second kappa shape index (κ2) is 6.97. The van der Waals surface area contributed by atoms with Gasteiger partial charge in [-0.3, -0.25) is 0 Å². The zero-order valence-corrected chi connectivity index (χ0v) is 11.5. The van der Waals surface area contributed by atoms with E-state index in [2.05, 4.69) is 42.6 Å². The largest absolute Gasteiger partial charge is 0.308 e. The summed E-state index contributed by atoms with van der Waals surface area (Å²) in [6.45, 7) is 9.96. The maximum Gasteiger partial charge on any atom is 0.0893 e. The van der Waals surface area contributed by atoms with Gasteiger partial charge < -0.3 is 5.32 Å². The second-order valence-corrected chi connectivity index (χ2v) is 5.84. The van der Waals surface area contributed by atoms with Gasteiger partial charge in [0.2, 0.25) is 0 Å². The Kier molecular flexibility index (Phi) is 5.91. The Bertz CT molecular complexity index is 260. The van der Waals surface area contributed by atoms with Crippen molar-refractivity contribution in [3.05, 3.63) is 11.1 Å². The molecular formula is C12H23N3S. The quantitative estimate of drug-likeness (QED) is 0.797. The molecule has 0 aliphatic heterocycles. The van der Waals surface area contributed by atoms with Crippen LogP contribution in [0.5, 0.6) is 0 Å². The third-order valence-electron chi connectivity index (χ3n) is 2.49. The van der Waals surface area contributed by atoms with Crippen LogP contribution in [0.3, 0.4) is 0 Å². The molecule has 0 bridgehead atoms. The summed E-state index contributed by atoms with van der Waals surface area (Å²) >= 11 is 1.42. The molecule has 4 heteroatoms. The highest BCUT2D eigenvalue weighted by Gasteiger charge is 2.12. The summed E-state index contributed by atoms with van der Waals surface area (Å²) in [6, 6.07) is 0.599. The highest BCUT2D eigenvalue weighted by atomic mass is 32.1. The van der Waals surface area contributed by atoms with E-state index in [1.165, 1.54) is 24.4 Å². The highest BCUT2D eigenvalue weighted by molar-refractivity contribution is 7.03. The molecule has 0 saturated carbocycles. The number of hydrogen-bond donors (Lipinski definition) is 1. The average Bonchev–Trinajstić information content (AvgIpc) is 2.64. The molecule has 0 spiro atoms. The standard InChI is InChI=1S/C12H23N3S/c1-9(2)5-11(6-10(3)4)13-7-12-8-16-15-14-12/h8-11,13H,5-7H2,1-4H3. The summed E-state index contributed by atoms with van der Waals surface area (Å²) in [5.74, 6) is 1.48. The fourth-order valence-corrected chi connectivity index (χ4v) is 2.36. The van der Waals surface area contributed by atoms with Crippen LogP contribution < -0.4 is 5.32 Å². The minimum Gasteiger partial charge on any atom is -0.308 e. The smallest absolute Gasteiger partial charge is 0.0893 e. The molecule has 0 unspecified atom stereocenters. The zero-order chi connectivity index (χ0) is 12.0. The molecule has 92 valence electrons. The second-order valence-electron chi connectivity index (χ2n) is 5.23. The van der Waals surface area contributed by atoms with Crippen molar-refractivity contribution in [2.75, 3.05) is 0 Å². The predicted molar refractivity (Wildman–Crippen MR) is 69.4 cm³/mol. The van der Waals surface area contributed by atoms with E-state index in [0.717, 1.165) is 24.1 Å². The van der Waals surface area contributed by atoms with Gasteiger partial charge in [-0.1, -0.05) is 32.2 Å². The molecule has 0 amide bonds. The lowest BCUT2D eigenvalue weighted by atomic mass is 9.95. The van der Waals surface area contributed by atoms with Gasteiger partial charge in [-0.25, -0.2) is 0 Å². The van der Waals surface area contributed by atoms with E-state index in [0.29, 0.717) is 6.04 Å². The van der Waals surface area contributed by atoms with Crippen LogP contribution in [0.2, 0.25) is 0 Å². The Balaban J connectivity index is 2.37. The first-order valence-electron chi connectivity index (χ1n) is 6.07. The third kappa shape index (κ3) is 5.56. The molecule has 0 aromatic carbocycles. The van der Waals surface area contributed by atoms with Gasteiger partial charge in [0.1, 0.15) is 0 Å². The first-order valence-corrected chi connectivity index (χ1v) is 6.91. The number of aromatic nitrogens is 2. The molecule has 1 heterocycles. The van der Waals surface area contributed by atoms with Gasteiger partial charge in [-0.2, -0.15) is 0 Å². The van der Waals surface area contributed by atoms with Crippen molar-refractivity contribution in [2.24, 2.45) is 11.8 Å². The van der Waals surface area contributed by atoms with Gasteiger partial charge in [0.05, 0.1) is 5.69 Å². The summed E-state index contributed by atoms with van der Waals surface area (Å²) < 4.78 is 3.87. The average molecular weight is 241 g/mol. The Hall–Kier alpha value is -0.480. The van der Waals surface area contributed by atoms with Crippen LogP contribution in [-0.4, -0.2) is 15.6 Å². The topological polar surface area (TPSA) is 37.8 Å². The van der Waals surface area contributed by atoms with Gasteiger partial charge in [0.15, 0.2) is 0 Å². The van der Waals surface area contributed by atoms with Crippen molar-refractivity contribution in [1.82, 2.24) is 14.9 Å². The van der Waals surface area contributed by atoms with E-state index in [9.17, 15) is 0 Å². The van der Waals surface area contributed by atoms with Gasteiger partial charge in [0.25, 0.3) is 0 Å². The lowest BCUT2D eigenvalue weighted by Gasteiger charge is -2.22. The first-order chi connectivity index (χ1) is 7.58. The molecule has 0 aliphatic carbocycles. The van der Waals surface area contributed by atoms with E-state index >= 15 is 0 Å². The fraction of sp³-hybridized carbons (Fsp3) is 0.833. The minimum absolute atomic E-state index is 0.599. The first kappa shape index (κ1) is 13.6. The molecule has 16 heavy (non-hydrogen) atoms.